The summed E-state index contributed by atoms with van der Waals surface area (Å²) in [6, 6.07) is -0.278. The molecular formula is C20H29N5O3S. The van der Waals surface area contributed by atoms with E-state index in [9.17, 15) is 13.2 Å². The van der Waals surface area contributed by atoms with Crippen LogP contribution in [0.3, 0.4) is 0 Å². The van der Waals surface area contributed by atoms with Crippen LogP contribution in [0.4, 0.5) is 0 Å². The first kappa shape index (κ1) is 20.3. The number of hydrogen-bond acceptors (Lipinski definition) is 5. The lowest BCUT2D eigenvalue weighted by molar-refractivity contribution is -0.133. The third-order valence-corrected chi connectivity index (χ3v) is 8.66. The molecule has 158 valence electrons. The lowest BCUT2D eigenvalue weighted by atomic mass is 9.71. The lowest BCUT2D eigenvalue weighted by Crippen LogP contribution is -2.49. The number of amides is 1. The van der Waals surface area contributed by atoms with Crippen LogP contribution < -0.4 is 5.32 Å². The molecule has 4 rings (SSSR count). The summed E-state index contributed by atoms with van der Waals surface area (Å²) in [5.74, 6) is 0.125. The molecule has 2 aromatic heterocycles. The van der Waals surface area contributed by atoms with Gasteiger partial charge in [0.05, 0.1) is 35.8 Å². The molecule has 2 aliphatic rings. The molecule has 0 aliphatic carbocycles. The van der Waals surface area contributed by atoms with Crippen LogP contribution in [0.2, 0.25) is 0 Å². The van der Waals surface area contributed by atoms with Crippen molar-refractivity contribution in [2.45, 2.75) is 71.0 Å². The van der Waals surface area contributed by atoms with E-state index in [1.165, 1.54) is 0 Å². The van der Waals surface area contributed by atoms with E-state index in [1.807, 2.05) is 24.4 Å². The van der Waals surface area contributed by atoms with Gasteiger partial charge in [-0.15, -0.1) is 0 Å². The monoisotopic (exact) mass is 419 g/mol. The first-order valence-corrected chi connectivity index (χ1v) is 12.1. The van der Waals surface area contributed by atoms with E-state index in [2.05, 4.69) is 15.3 Å². The van der Waals surface area contributed by atoms with Crippen LogP contribution in [0.25, 0.3) is 5.65 Å². The summed E-state index contributed by atoms with van der Waals surface area (Å²) < 4.78 is 29.5. The smallest absolute Gasteiger partial charge is 0.228 e. The standard InChI is InChI=1S/C20H29N5O3S/c1-3-5-10-29(27,28)25-15-6-7-17(25)20(4-2,11-15)19(26)23-13-16-12-22-18-14-21-8-9-24(16)18/h8-9,12,14-15,17H,3-7,10-11,13H2,1-2H3,(H,23,26)/t15-,17+,20+/m1/s1. The van der Waals surface area contributed by atoms with E-state index in [-0.39, 0.29) is 23.7 Å². The van der Waals surface area contributed by atoms with Gasteiger partial charge in [-0.1, -0.05) is 20.3 Å². The number of carbonyl (C=O) groups excluding carboxylic acids is 1. The molecule has 0 saturated carbocycles. The van der Waals surface area contributed by atoms with Crippen molar-refractivity contribution in [3.63, 3.8) is 0 Å². The van der Waals surface area contributed by atoms with Gasteiger partial charge in [-0.2, -0.15) is 4.31 Å². The second kappa shape index (κ2) is 7.68. The number of hydrogen-bond donors (Lipinski definition) is 1. The molecule has 8 nitrogen and oxygen atoms in total. The van der Waals surface area contributed by atoms with Crippen LogP contribution in [0.1, 0.15) is 58.1 Å². The number of imidazole rings is 1. The maximum absolute atomic E-state index is 13.3. The molecule has 0 radical (unpaired) electrons. The zero-order chi connectivity index (χ0) is 20.6. The topological polar surface area (TPSA) is 96.7 Å². The van der Waals surface area contributed by atoms with Gasteiger partial charge in [0.2, 0.25) is 15.9 Å². The second-order valence-corrected chi connectivity index (χ2v) is 10.2. The van der Waals surface area contributed by atoms with Gasteiger partial charge in [0.25, 0.3) is 0 Å². The molecule has 29 heavy (non-hydrogen) atoms. The fraction of sp³-hybridized carbons (Fsp3) is 0.650. The minimum atomic E-state index is -3.33. The SMILES string of the molecule is CCCCS(=O)(=O)N1[C@@H]2CC[C@H]1[C@@](CC)(C(=O)NCc1cnc3cnccn13)C2. The number of nitrogens with zero attached hydrogens (tertiary/aromatic N) is 4. The van der Waals surface area contributed by atoms with Crippen LogP contribution in [0, 0.1) is 5.41 Å². The van der Waals surface area contributed by atoms with Crippen molar-refractivity contribution in [2.24, 2.45) is 5.41 Å². The Kier molecular flexibility index (Phi) is 5.37. The molecule has 0 aromatic carbocycles. The Morgan fingerprint density at radius 1 is 1.31 bits per heavy atom. The summed E-state index contributed by atoms with van der Waals surface area (Å²) in [6.07, 6.45) is 11.3. The molecular weight excluding hydrogens is 390 g/mol. The van der Waals surface area contributed by atoms with Crippen molar-refractivity contribution in [3.05, 3.63) is 30.5 Å². The van der Waals surface area contributed by atoms with Gasteiger partial charge >= 0.3 is 0 Å². The first-order chi connectivity index (χ1) is 13.9. The molecule has 1 amide bonds. The Morgan fingerprint density at radius 3 is 2.90 bits per heavy atom. The summed E-state index contributed by atoms with van der Waals surface area (Å²) >= 11 is 0. The van der Waals surface area contributed by atoms with Gasteiger partial charge in [-0.05, 0) is 32.1 Å². The lowest BCUT2D eigenvalue weighted by Gasteiger charge is -2.35. The van der Waals surface area contributed by atoms with Crippen LogP contribution in [-0.4, -0.2) is 50.8 Å². The van der Waals surface area contributed by atoms with Crippen LogP contribution in [0.5, 0.6) is 0 Å². The highest BCUT2D eigenvalue weighted by atomic mass is 32.2. The highest BCUT2D eigenvalue weighted by molar-refractivity contribution is 7.89. The molecule has 2 fully saturated rings. The first-order valence-electron chi connectivity index (χ1n) is 10.5. The number of rotatable bonds is 8. The number of unbranched alkanes of at least 4 members (excludes halogenated alkanes) is 1. The number of nitrogens with one attached hydrogen (secondary N) is 1. The molecule has 4 heterocycles. The van der Waals surface area contributed by atoms with Gasteiger partial charge in [-0.3, -0.25) is 14.2 Å². The summed E-state index contributed by atoms with van der Waals surface area (Å²) in [5.41, 5.74) is 0.956. The molecule has 0 unspecified atom stereocenters. The van der Waals surface area contributed by atoms with Gasteiger partial charge in [0, 0.05) is 24.5 Å². The summed E-state index contributed by atoms with van der Waals surface area (Å²) in [7, 11) is -3.33. The van der Waals surface area contributed by atoms with Crippen LogP contribution in [-0.2, 0) is 21.4 Å². The number of sulfonamides is 1. The van der Waals surface area contributed by atoms with Gasteiger partial charge in [0.1, 0.15) is 0 Å². The van der Waals surface area contributed by atoms with Crippen molar-refractivity contribution >= 4 is 21.6 Å². The molecule has 2 aromatic rings. The van der Waals surface area contributed by atoms with E-state index in [0.717, 1.165) is 30.6 Å². The Balaban J connectivity index is 1.52. The molecule has 1 N–H and O–H groups in total. The van der Waals surface area contributed by atoms with Gasteiger partial charge in [-0.25, -0.2) is 13.4 Å². The average molecular weight is 420 g/mol. The van der Waals surface area contributed by atoms with Gasteiger partial charge < -0.3 is 5.32 Å². The fourth-order valence-corrected chi connectivity index (χ4v) is 7.33. The summed E-state index contributed by atoms with van der Waals surface area (Å²) in [4.78, 5) is 21.7. The zero-order valence-corrected chi connectivity index (χ0v) is 17.9. The van der Waals surface area contributed by atoms with E-state index < -0.39 is 15.4 Å². The number of carbonyl (C=O) groups is 1. The van der Waals surface area contributed by atoms with E-state index in [4.69, 9.17) is 0 Å². The van der Waals surface area contributed by atoms with Crippen LogP contribution in [0.15, 0.2) is 24.8 Å². The van der Waals surface area contributed by atoms with E-state index in [0.29, 0.717) is 25.8 Å². The Labute approximate surface area is 171 Å². The highest BCUT2D eigenvalue weighted by Gasteiger charge is 2.61. The van der Waals surface area contributed by atoms with Gasteiger partial charge in [0.15, 0.2) is 5.65 Å². The van der Waals surface area contributed by atoms with Crippen molar-refractivity contribution in [3.8, 4) is 0 Å². The van der Waals surface area contributed by atoms with Crippen molar-refractivity contribution in [2.75, 3.05) is 5.75 Å². The van der Waals surface area contributed by atoms with Crippen molar-refractivity contribution in [1.82, 2.24) is 24.0 Å². The highest BCUT2D eigenvalue weighted by Crippen LogP contribution is 2.53. The number of aromatic nitrogens is 3. The van der Waals surface area contributed by atoms with Crippen LogP contribution >= 0.6 is 0 Å². The van der Waals surface area contributed by atoms with Crippen molar-refractivity contribution < 1.29 is 13.2 Å². The Morgan fingerprint density at radius 2 is 2.14 bits per heavy atom. The molecule has 2 aliphatic heterocycles. The normalized spacial score (nSPS) is 27.0. The third kappa shape index (κ3) is 3.34. The molecule has 3 atom stereocenters. The fourth-order valence-electron chi connectivity index (χ4n) is 5.14. The minimum absolute atomic E-state index is 0.0468. The minimum Gasteiger partial charge on any atom is -0.350 e. The quantitative estimate of drug-likeness (QED) is 0.707. The van der Waals surface area contributed by atoms with E-state index >= 15 is 0 Å². The summed E-state index contributed by atoms with van der Waals surface area (Å²) in [5, 5.41) is 3.07. The van der Waals surface area contributed by atoms with E-state index in [1.54, 1.807) is 22.9 Å². The Hall–Kier alpha value is -2.00. The Bertz CT molecular complexity index is 1000. The average Bonchev–Trinajstić information content (AvgIpc) is 3.42. The predicted molar refractivity (Wildman–Crippen MR) is 110 cm³/mol. The third-order valence-electron chi connectivity index (χ3n) is 6.66. The van der Waals surface area contributed by atoms with Crippen molar-refractivity contribution in [1.29, 1.82) is 0 Å². The molecule has 0 spiro atoms. The summed E-state index contributed by atoms with van der Waals surface area (Å²) in [6.45, 7) is 4.34. The maximum Gasteiger partial charge on any atom is 0.228 e. The largest absolute Gasteiger partial charge is 0.350 e. The zero-order valence-electron chi connectivity index (χ0n) is 17.0. The molecule has 2 bridgehead atoms. The maximum atomic E-state index is 13.3. The predicted octanol–water partition coefficient (Wildman–Crippen LogP) is 2.11. The molecule has 9 heteroatoms. The number of fused-ring (bicyclic) bond motifs is 3. The molecule has 2 saturated heterocycles. The second-order valence-electron chi connectivity index (χ2n) is 8.20.